The zero-order valence-electron chi connectivity index (χ0n) is 16.1. The van der Waals surface area contributed by atoms with E-state index in [-0.39, 0.29) is 12.0 Å². The lowest BCUT2D eigenvalue weighted by Gasteiger charge is -2.09. The average Bonchev–Trinajstić information content (AvgIpc) is 3.28. The number of benzene rings is 2. The van der Waals surface area contributed by atoms with Gasteiger partial charge >= 0.3 is 5.76 Å². The van der Waals surface area contributed by atoms with E-state index in [1.54, 1.807) is 30.6 Å². The minimum Gasteiger partial charge on any atom is -0.491 e. The number of anilines is 1. The first-order valence-electron chi connectivity index (χ1n) is 9.04. The van der Waals surface area contributed by atoms with E-state index in [9.17, 15) is 9.59 Å². The number of hydrogen-bond acceptors (Lipinski definition) is 6. The van der Waals surface area contributed by atoms with Crippen LogP contribution in [0.4, 0.5) is 5.69 Å². The van der Waals surface area contributed by atoms with Crippen molar-refractivity contribution >= 4 is 34.0 Å². The Labute approximate surface area is 170 Å². The molecule has 4 aromatic rings. The lowest BCUT2D eigenvalue weighted by atomic mass is 10.2. The summed E-state index contributed by atoms with van der Waals surface area (Å²) in [4.78, 5) is 28.6. The number of aryl methyl sites for hydroxylation is 1. The molecule has 0 saturated carbocycles. The minimum atomic E-state index is -0.447. The fourth-order valence-corrected chi connectivity index (χ4v) is 3.67. The Balaban J connectivity index is 1.50. The number of carbonyl (C=O) groups excluding carboxylic acids is 1. The van der Waals surface area contributed by atoms with Gasteiger partial charge in [-0.05, 0) is 50.2 Å². The molecule has 0 atom stereocenters. The summed E-state index contributed by atoms with van der Waals surface area (Å²) in [6, 6.07) is 12.7. The Bertz CT molecular complexity index is 1240. The van der Waals surface area contributed by atoms with E-state index in [4.69, 9.17) is 9.15 Å². The number of ether oxygens (including phenoxy) is 1. The van der Waals surface area contributed by atoms with E-state index in [1.807, 2.05) is 38.1 Å². The number of nitrogens with zero attached hydrogens (tertiary/aromatic N) is 2. The third-order valence-electron chi connectivity index (χ3n) is 4.26. The maximum atomic E-state index is 12.6. The molecule has 148 valence electrons. The molecule has 29 heavy (non-hydrogen) atoms. The van der Waals surface area contributed by atoms with Gasteiger partial charge in [0, 0.05) is 29.7 Å². The van der Waals surface area contributed by atoms with Gasteiger partial charge in [-0.2, -0.15) is 0 Å². The number of rotatable bonds is 5. The predicted octanol–water partition coefficient (Wildman–Crippen LogP) is 4.29. The molecule has 0 fully saturated rings. The highest BCUT2D eigenvalue weighted by atomic mass is 32.1. The normalized spacial score (nSPS) is 11.2. The Morgan fingerprint density at radius 3 is 2.69 bits per heavy atom. The molecule has 0 saturated heterocycles. The Kier molecular flexibility index (Phi) is 4.94. The summed E-state index contributed by atoms with van der Waals surface area (Å²) in [5.41, 5.74) is 2.84. The molecule has 0 aliphatic rings. The van der Waals surface area contributed by atoms with E-state index in [1.165, 1.54) is 15.9 Å². The molecule has 0 radical (unpaired) electrons. The molecule has 8 heteroatoms. The third-order valence-corrected chi connectivity index (χ3v) is 5.15. The maximum absolute atomic E-state index is 12.6. The van der Waals surface area contributed by atoms with Crippen LogP contribution in [0.1, 0.15) is 24.3 Å². The number of nitrogens with one attached hydrogen (secondary N) is 1. The van der Waals surface area contributed by atoms with Crippen molar-refractivity contribution in [3.05, 3.63) is 64.1 Å². The molecule has 0 aliphatic heterocycles. The van der Waals surface area contributed by atoms with Gasteiger partial charge in [-0.15, -0.1) is 11.3 Å². The quantitative estimate of drug-likeness (QED) is 0.531. The van der Waals surface area contributed by atoms with Crippen LogP contribution < -0.4 is 15.8 Å². The first kappa shape index (κ1) is 18.9. The highest BCUT2D eigenvalue weighted by Crippen LogP contribution is 2.27. The van der Waals surface area contributed by atoms with Crippen LogP contribution >= 0.6 is 11.3 Å². The van der Waals surface area contributed by atoms with E-state index in [2.05, 4.69) is 10.3 Å². The number of carbonyl (C=O) groups is 1. The topological polar surface area (TPSA) is 86.4 Å². The standard InChI is InChI=1S/C21H19N3O4S/c1-12(2)27-15-7-4-13(5-8-15)20-23-16(11-29-20)19(25)22-14-6-9-17-18(10-14)28-21(26)24(17)3/h4-12H,1-3H3,(H,22,25). The summed E-state index contributed by atoms with van der Waals surface area (Å²) in [6.45, 7) is 3.95. The number of aromatic nitrogens is 2. The fraction of sp³-hybridized carbons (Fsp3) is 0.190. The first-order chi connectivity index (χ1) is 13.9. The van der Waals surface area contributed by atoms with E-state index in [0.717, 1.165) is 16.3 Å². The first-order valence-corrected chi connectivity index (χ1v) is 9.92. The van der Waals surface area contributed by atoms with Crippen molar-refractivity contribution < 1.29 is 13.9 Å². The zero-order valence-corrected chi connectivity index (χ0v) is 16.9. The highest BCUT2D eigenvalue weighted by Gasteiger charge is 2.14. The van der Waals surface area contributed by atoms with Gasteiger partial charge < -0.3 is 14.5 Å². The van der Waals surface area contributed by atoms with Crippen molar-refractivity contribution in [3.63, 3.8) is 0 Å². The molecule has 2 heterocycles. The van der Waals surface area contributed by atoms with Gasteiger partial charge in [0.05, 0.1) is 11.6 Å². The Morgan fingerprint density at radius 1 is 1.21 bits per heavy atom. The summed E-state index contributed by atoms with van der Waals surface area (Å²) in [6.07, 6.45) is 0.110. The van der Waals surface area contributed by atoms with Crippen LogP contribution in [-0.4, -0.2) is 21.6 Å². The molecule has 0 aliphatic carbocycles. The maximum Gasteiger partial charge on any atom is 0.419 e. The lowest BCUT2D eigenvalue weighted by Crippen LogP contribution is -2.12. The SMILES string of the molecule is CC(C)Oc1ccc(-c2nc(C(=O)Nc3ccc4c(c3)oc(=O)n4C)cs2)cc1. The van der Waals surface area contributed by atoms with Gasteiger partial charge in [-0.25, -0.2) is 9.78 Å². The van der Waals surface area contributed by atoms with Crippen LogP contribution in [0.15, 0.2) is 57.1 Å². The number of hydrogen-bond donors (Lipinski definition) is 1. The van der Waals surface area contributed by atoms with Gasteiger partial charge in [0.15, 0.2) is 5.58 Å². The minimum absolute atomic E-state index is 0.110. The van der Waals surface area contributed by atoms with Crippen LogP contribution in [0.25, 0.3) is 21.7 Å². The Morgan fingerprint density at radius 2 is 1.97 bits per heavy atom. The molecule has 1 amide bonds. The summed E-state index contributed by atoms with van der Waals surface area (Å²) >= 11 is 1.39. The Hall–Kier alpha value is -3.39. The van der Waals surface area contributed by atoms with Gasteiger partial charge in [0.25, 0.3) is 5.91 Å². The molecular formula is C21H19N3O4S. The fourth-order valence-electron chi connectivity index (χ4n) is 2.87. The van der Waals surface area contributed by atoms with Crippen molar-refractivity contribution in [2.45, 2.75) is 20.0 Å². The average molecular weight is 409 g/mol. The summed E-state index contributed by atoms with van der Waals surface area (Å²) in [7, 11) is 1.63. The van der Waals surface area contributed by atoms with Crippen LogP contribution in [0.2, 0.25) is 0 Å². The summed E-state index contributed by atoms with van der Waals surface area (Å²) in [5.74, 6) is 0.0172. The monoisotopic (exact) mass is 409 g/mol. The molecule has 0 spiro atoms. The van der Waals surface area contributed by atoms with Crippen molar-refractivity contribution in [2.75, 3.05) is 5.32 Å². The van der Waals surface area contributed by atoms with Gasteiger partial charge in [-0.3, -0.25) is 9.36 Å². The predicted molar refractivity (Wildman–Crippen MR) is 113 cm³/mol. The van der Waals surface area contributed by atoms with Crippen LogP contribution in [0, 0.1) is 0 Å². The van der Waals surface area contributed by atoms with E-state index < -0.39 is 5.76 Å². The summed E-state index contributed by atoms with van der Waals surface area (Å²) in [5, 5.41) is 5.25. The number of thiazole rings is 1. The second-order valence-electron chi connectivity index (χ2n) is 6.79. The van der Waals surface area contributed by atoms with E-state index in [0.29, 0.717) is 22.5 Å². The van der Waals surface area contributed by atoms with Crippen molar-refractivity contribution in [2.24, 2.45) is 7.05 Å². The molecule has 1 N–H and O–H groups in total. The molecular weight excluding hydrogens is 390 g/mol. The zero-order chi connectivity index (χ0) is 20.5. The molecule has 2 aromatic carbocycles. The molecule has 0 unspecified atom stereocenters. The van der Waals surface area contributed by atoms with Crippen molar-refractivity contribution in [3.8, 4) is 16.3 Å². The summed E-state index contributed by atoms with van der Waals surface area (Å²) < 4.78 is 12.2. The van der Waals surface area contributed by atoms with Crippen molar-refractivity contribution in [1.29, 1.82) is 0 Å². The highest BCUT2D eigenvalue weighted by molar-refractivity contribution is 7.13. The molecule has 4 rings (SSSR count). The van der Waals surface area contributed by atoms with Gasteiger partial charge in [0.1, 0.15) is 16.5 Å². The second kappa shape index (κ2) is 7.56. The van der Waals surface area contributed by atoms with Gasteiger partial charge in [0.2, 0.25) is 0 Å². The second-order valence-corrected chi connectivity index (χ2v) is 7.65. The smallest absolute Gasteiger partial charge is 0.419 e. The largest absolute Gasteiger partial charge is 0.491 e. The molecule has 2 aromatic heterocycles. The van der Waals surface area contributed by atoms with Gasteiger partial charge in [-0.1, -0.05) is 0 Å². The number of amides is 1. The number of oxazole rings is 1. The van der Waals surface area contributed by atoms with Crippen LogP contribution in [0.3, 0.4) is 0 Å². The lowest BCUT2D eigenvalue weighted by molar-refractivity contribution is 0.102. The third kappa shape index (κ3) is 3.93. The van der Waals surface area contributed by atoms with Crippen LogP contribution in [-0.2, 0) is 7.05 Å². The molecule has 0 bridgehead atoms. The van der Waals surface area contributed by atoms with Crippen LogP contribution in [0.5, 0.6) is 5.75 Å². The van der Waals surface area contributed by atoms with E-state index >= 15 is 0 Å². The van der Waals surface area contributed by atoms with Crippen molar-refractivity contribution in [1.82, 2.24) is 9.55 Å². The molecule has 7 nitrogen and oxygen atoms in total. The number of fused-ring (bicyclic) bond motifs is 1.